The molecule has 0 saturated carbocycles. The van der Waals surface area contributed by atoms with Crippen molar-refractivity contribution in [1.29, 1.82) is 0 Å². The Bertz CT molecular complexity index is 1130. The number of likely N-dealkylation sites (tertiary alicyclic amines) is 1. The van der Waals surface area contributed by atoms with Crippen molar-refractivity contribution in [3.05, 3.63) is 42.1 Å². The standard InChI is InChI=1S/C28H36N4O5/c1-27(2,3)19-36-26(34)32-10-8-28(9-11-32)17-22-16-20(4-6-23(22)37-28)21-5-7-24(29-18-21)30-25(33)31-12-14-35-15-13-31/h4-7,16,18H,8-15,17,19H2,1-3H3,(H,29,30,33). The minimum Gasteiger partial charge on any atom is -0.487 e. The van der Waals surface area contributed by atoms with E-state index in [-0.39, 0.29) is 23.1 Å². The molecule has 9 nitrogen and oxygen atoms in total. The Kier molecular flexibility index (Phi) is 6.98. The number of morpholine rings is 1. The minimum absolute atomic E-state index is 0.0483. The maximum absolute atomic E-state index is 12.5. The van der Waals surface area contributed by atoms with Crippen molar-refractivity contribution in [2.24, 2.45) is 5.41 Å². The van der Waals surface area contributed by atoms with Gasteiger partial charge in [-0.2, -0.15) is 0 Å². The van der Waals surface area contributed by atoms with E-state index in [2.05, 4.69) is 37.1 Å². The molecule has 0 bridgehead atoms. The topological polar surface area (TPSA) is 93.2 Å². The number of fused-ring (bicyclic) bond motifs is 1. The van der Waals surface area contributed by atoms with Gasteiger partial charge in [0.2, 0.25) is 0 Å². The van der Waals surface area contributed by atoms with E-state index >= 15 is 0 Å². The van der Waals surface area contributed by atoms with Gasteiger partial charge < -0.3 is 24.0 Å². The molecule has 2 fully saturated rings. The van der Waals surface area contributed by atoms with E-state index in [1.54, 1.807) is 16.0 Å². The highest BCUT2D eigenvalue weighted by atomic mass is 16.6. The van der Waals surface area contributed by atoms with Crippen LogP contribution in [0.2, 0.25) is 0 Å². The van der Waals surface area contributed by atoms with Gasteiger partial charge in [-0.1, -0.05) is 26.8 Å². The van der Waals surface area contributed by atoms with Crippen molar-refractivity contribution < 1.29 is 23.8 Å². The molecule has 1 spiro atoms. The van der Waals surface area contributed by atoms with E-state index in [1.165, 1.54) is 5.56 Å². The van der Waals surface area contributed by atoms with E-state index < -0.39 is 0 Å². The second-order valence-electron chi connectivity index (χ2n) is 11.3. The molecule has 0 aliphatic carbocycles. The number of anilines is 1. The summed E-state index contributed by atoms with van der Waals surface area (Å²) in [4.78, 5) is 32.8. The Morgan fingerprint density at radius 2 is 1.76 bits per heavy atom. The van der Waals surface area contributed by atoms with Gasteiger partial charge in [-0.15, -0.1) is 0 Å². The van der Waals surface area contributed by atoms with Gasteiger partial charge in [-0.25, -0.2) is 14.6 Å². The molecule has 5 rings (SSSR count). The van der Waals surface area contributed by atoms with Crippen molar-refractivity contribution in [1.82, 2.24) is 14.8 Å². The number of benzene rings is 1. The van der Waals surface area contributed by atoms with Crippen LogP contribution in [0.1, 0.15) is 39.2 Å². The predicted molar refractivity (Wildman–Crippen MR) is 140 cm³/mol. The fourth-order valence-corrected chi connectivity index (χ4v) is 4.95. The smallest absolute Gasteiger partial charge is 0.409 e. The van der Waals surface area contributed by atoms with E-state index in [9.17, 15) is 9.59 Å². The first-order valence-corrected chi connectivity index (χ1v) is 13.0. The van der Waals surface area contributed by atoms with Gasteiger partial charge in [0.25, 0.3) is 0 Å². The van der Waals surface area contributed by atoms with Gasteiger partial charge in [-0.05, 0) is 40.8 Å². The van der Waals surface area contributed by atoms with Crippen LogP contribution in [0.25, 0.3) is 11.1 Å². The quantitative estimate of drug-likeness (QED) is 0.653. The summed E-state index contributed by atoms with van der Waals surface area (Å²) in [6.45, 7) is 10.1. The molecule has 3 aliphatic heterocycles. The normalized spacial score (nSPS) is 18.8. The molecule has 3 aliphatic rings. The number of carbonyl (C=O) groups excluding carboxylic acids is 2. The summed E-state index contributed by atoms with van der Waals surface area (Å²) in [5, 5.41) is 2.86. The fourth-order valence-electron chi connectivity index (χ4n) is 4.95. The molecule has 1 aromatic carbocycles. The summed E-state index contributed by atoms with van der Waals surface area (Å²) in [7, 11) is 0. The van der Waals surface area contributed by atoms with Crippen molar-refractivity contribution in [2.75, 3.05) is 51.3 Å². The van der Waals surface area contributed by atoms with Gasteiger partial charge in [-0.3, -0.25) is 5.32 Å². The van der Waals surface area contributed by atoms with E-state index in [0.29, 0.717) is 51.8 Å². The highest BCUT2D eigenvalue weighted by Crippen LogP contribution is 2.42. The van der Waals surface area contributed by atoms with Crippen LogP contribution < -0.4 is 10.1 Å². The Labute approximate surface area is 218 Å². The van der Waals surface area contributed by atoms with Crippen LogP contribution in [0.15, 0.2) is 36.5 Å². The minimum atomic E-state index is -0.270. The second-order valence-corrected chi connectivity index (χ2v) is 11.3. The Morgan fingerprint density at radius 3 is 2.43 bits per heavy atom. The highest BCUT2D eigenvalue weighted by Gasteiger charge is 2.43. The molecule has 1 aromatic heterocycles. The number of nitrogens with one attached hydrogen (secondary N) is 1. The lowest BCUT2D eigenvalue weighted by Crippen LogP contribution is -2.49. The summed E-state index contributed by atoms with van der Waals surface area (Å²) >= 11 is 0. The first-order valence-electron chi connectivity index (χ1n) is 13.0. The van der Waals surface area contributed by atoms with Gasteiger partial charge in [0.05, 0.1) is 19.8 Å². The monoisotopic (exact) mass is 508 g/mol. The maximum Gasteiger partial charge on any atom is 0.409 e. The third kappa shape index (κ3) is 5.98. The summed E-state index contributed by atoms with van der Waals surface area (Å²) in [5.74, 6) is 1.44. The highest BCUT2D eigenvalue weighted by molar-refractivity contribution is 5.88. The molecule has 1 N–H and O–H groups in total. The number of aromatic nitrogens is 1. The number of nitrogens with zero attached hydrogens (tertiary/aromatic N) is 3. The number of pyridine rings is 1. The van der Waals surface area contributed by atoms with Crippen LogP contribution in [0, 0.1) is 5.41 Å². The molecule has 37 heavy (non-hydrogen) atoms. The molecule has 9 heteroatoms. The number of rotatable bonds is 3. The number of hydrogen-bond donors (Lipinski definition) is 1. The summed E-state index contributed by atoms with van der Waals surface area (Å²) in [5.41, 5.74) is 2.89. The van der Waals surface area contributed by atoms with Crippen molar-refractivity contribution in [3.63, 3.8) is 0 Å². The number of piperidine rings is 1. The van der Waals surface area contributed by atoms with Gasteiger partial charge in [0, 0.05) is 57.2 Å². The lowest BCUT2D eigenvalue weighted by atomic mass is 9.87. The molecule has 0 radical (unpaired) electrons. The molecule has 2 aromatic rings. The lowest BCUT2D eigenvalue weighted by Gasteiger charge is -2.38. The lowest BCUT2D eigenvalue weighted by molar-refractivity contribution is 0.00956. The molecule has 0 atom stereocenters. The van der Waals surface area contributed by atoms with Crippen LogP contribution in [0.4, 0.5) is 15.4 Å². The summed E-state index contributed by atoms with van der Waals surface area (Å²) < 4.78 is 17.2. The van der Waals surface area contributed by atoms with Crippen molar-refractivity contribution >= 4 is 17.9 Å². The molecule has 4 heterocycles. The largest absolute Gasteiger partial charge is 0.487 e. The SMILES string of the molecule is CC(C)(C)COC(=O)N1CCC2(CC1)Cc1cc(-c3ccc(NC(=O)N4CCOCC4)nc3)ccc1O2. The van der Waals surface area contributed by atoms with Crippen LogP contribution in [-0.4, -0.2) is 78.5 Å². The molecule has 3 amide bonds. The Morgan fingerprint density at radius 1 is 1.03 bits per heavy atom. The zero-order valence-corrected chi connectivity index (χ0v) is 21.9. The second kappa shape index (κ2) is 10.2. The fraction of sp³-hybridized carbons (Fsp3) is 0.536. The van der Waals surface area contributed by atoms with Crippen LogP contribution in [0.5, 0.6) is 5.75 Å². The Hall–Kier alpha value is -3.33. The molecule has 198 valence electrons. The van der Waals surface area contributed by atoms with Crippen LogP contribution >= 0.6 is 0 Å². The Balaban J connectivity index is 1.18. The molecule has 2 saturated heterocycles. The number of amides is 3. The van der Waals surface area contributed by atoms with E-state index in [0.717, 1.165) is 36.1 Å². The first kappa shape index (κ1) is 25.3. The predicted octanol–water partition coefficient (Wildman–Crippen LogP) is 4.56. The zero-order chi connectivity index (χ0) is 26.0. The third-order valence-corrected chi connectivity index (χ3v) is 7.09. The number of urea groups is 1. The van der Waals surface area contributed by atoms with Gasteiger partial charge in [0.1, 0.15) is 17.2 Å². The summed E-state index contributed by atoms with van der Waals surface area (Å²) in [6, 6.07) is 9.87. The van der Waals surface area contributed by atoms with Gasteiger partial charge in [0.15, 0.2) is 0 Å². The van der Waals surface area contributed by atoms with Crippen molar-refractivity contribution in [3.8, 4) is 16.9 Å². The van der Waals surface area contributed by atoms with E-state index in [1.807, 2.05) is 24.3 Å². The molecular formula is C28H36N4O5. The van der Waals surface area contributed by atoms with Gasteiger partial charge >= 0.3 is 12.1 Å². The molecule has 0 unspecified atom stereocenters. The van der Waals surface area contributed by atoms with Crippen LogP contribution in [0.3, 0.4) is 0 Å². The molecular weight excluding hydrogens is 472 g/mol. The number of carbonyl (C=O) groups is 2. The van der Waals surface area contributed by atoms with Crippen LogP contribution in [-0.2, 0) is 15.9 Å². The van der Waals surface area contributed by atoms with E-state index in [4.69, 9.17) is 14.2 Å². The first-order chi connectivity index (χ1) is 17.7. The average molecular weight is 509 g/mol. The number of hydrogen-bond acceptors (Lipinski definition) is 6. The van der Waals surface area contributed by atoms with Crippen molar-refractivity contribution in [2.45, 2.75) is 45.6 Å². The average Bonchev–Trinajstić information content (AvgIpc) is 3.25. The summed E-state index contributed by atoms with van der Waals surface area (Å²) in [6.07, 6.45) is 3.92. The zero-order valence-electron chi connectivity index (χ0n) is 21.9. The maximum atomic E-state index is 12.5. The third-order valence-electron chi connectivity index (χ3n) is 7.09. The number of ether oxygens (including phenoxy) is 3.